The molecule has 1 fully saturated rings. The number of methoxy groups -OCH3 is 1. The van der Waals surface area contributed by atoms with Gasteiger partial charge in [0, 0.05) is 41.9 Å². The fraction of sp³-hybridized carbons (Fsp3) is 0.323. The average molecular weight is 463 g/mol. The van der Waals surface area contributed by atoms with Gasteiger partial charge in [-0.2, -0.15) is 0 Å². The molecule has 4 nitrogen and oxygen atoms in total. The lowest BCUT2D eigenvalue weighted by Crippen LogP contribution is -2.48. The topological polar surface area (TPSA) is 45.6 Å². The first-order valence-corrected chi connectivity index (χ1v) is 12.7. The van der Waals surface area contributed by atoms with Crippen molar-refractivity contribution in [2.24, 2.45) is 0 Å². The van der Waals surface area contributed by atoms with Crippen LogP contribution >= 0.6 is 0 Å². The Bertz CT molecular complexity index is 1390. The largest absolute Gasteiger partial charge is 0.481 e. The highest BCUT2D eigenvalue weighted by Crippen LogP contribution is 2.60. The van der Waals surface area contributed by atoms with Crippen molar-refractivity contribution in [1.29, 1.82) is 0 Å². The molecule has 0 spiro atoms. The SMILES string of the molecule is COc1nc2ccccc2cc1C1(O)CCN(CC23CC(c4ccccc42)c2ccccc23)CC1. The van der Waals surface area contributed by atoms with Gasteiger partial charge in [-0.25, -0.2) is 4.98 Å². The zero-order valence-corrected chi connectivity index (χ0v) is 20.1. The van der Waals surface area contributed by atoms with Gasteiger partial charge >= 0.3 is 0 Å². The van der Waals surface area contributed by atoms with Crippen LogP contribution in [0.25, 0.3) is 10.9 Å². The minimum absolute atomic E-state index is 0.0511. The summed E-state index contributed by atoms with van der Waals surface area (Å²) in [7, 11) is 1.64. The average Bonchev–Trinajstić information content (AvgIpc) is 3.42. The Balaban J connectivity index is 1.18. The van der Waals surface area contributed by atoms with Gasteiger partial charge in [0.1, 0.15) is 0 Å². The molecule has 176 valence electrons. The zero-order valence-electron chi connectivity index (χ0n) is 20.1. The van der Waals surface area contributed by atoms with E-state index in [-0.39, 0.29) is 5.41 Å². The van der Waals surface area contributed by atoms with Crippen LogP contribution in [-0.4, -0.2) is 41.7 Å². The molecule has 0 radical (unpaired) electrons. The van der Waals surface area contributed by atoms with E-state index in [2.05, 4.69) is 65.6 Å². The molecule has 0 amide bonds. The second-order valence-corrected chi connectivity index (χ2v) is 10.6. The van der Waals surface area contributed by atoms with E-state index in [9.17, 15) is 5.11 Å². The predicted octanol–water partition coefficient (Wildman–Crippen LogP) is 5.36. The van der Waals surface area contributed by atoms with E-state index in [1.807, 2.05) is 18.2 Å². The third kappa shape index (κ3) is 3.03. The Morgan fingerprint density at radius 3 is 2.20 bits per heavy atom. The fourth-order valence-corrected chi connectivity index (χ4v) is 7.13. The van der Waals surface area contributed by atoms with Crippen LogP contribution in [0.4, 0.5) is 0 Å². The maximum absolute atomic E-state index is 11.8. The van der Waals surface area contributed by atoms with Gasteiger partial charge in [-0.1, -0.05) is 66.7 Å². The lowest BCUT2D eigenvalue weighted by Gasteiger charge is -2.43. The molecule has 3 aromatic carbocycles. The molecule has 1 aliphatic heterocycles. The number of nitrogens with zero attached hydrogens (tertiary/aromatic N) is 2. The number of hydrogen-bond acceptors (Lipinski definition) is 4. The molecule has 1 N–H and O–H groups in total. The summed E-state index contributed by atoms with van der Waals surface area (Å²) in [4.78, 5) is 7.27. The molecule has 0 saturated carbocycles. The van der Waals surface area contributed by atoms with Crippen LogP contribution in [0.15, 0.2) is 78.9 Å². The van der Waals surface area contributed by atoms with Gasteiger partial charge in [0.05, 0.1) is 18.2 Å². The van der Waals surface area contributed by atoms with E-state index in [1.165, 1.54) is 22.3 Å². The molecule has 2 heterocycles. The van der Waals surface area contributed by atoms with E-state index in [0.717, 1.165) is 42.5 Å². The zero-order chi connectivity index (χ0) is 23.6. The quantitative estimate of drug-likeness (QED) is 0.443. The summed E-state index contributed by atoms with van der Waals surface area (Å²) in [5.74, 6) is 1.05. The van der Waals surface area contributed by atoms with Gasteiger partial charge in [0.15, 0.2) is 0 Å². The number of aliphatic hydroxyl groups is 1. The number of likely N-dealkylation sites (tertiary alicyclic amines) is 1. The van der Waals surface area contributed by atoms with Crippen LogP contribution in [0.2, 0.25) is 0 Å². The first-order chi connectivity index (χ1) is 17.1. The number of fused-ring (bicyclic) bond motifs is 9. The molecule has 35 heavy (non-hydrogen) atoms. The molecule has 0 atom stereocenters. The number of benzene rings is 3. The molecule has 2 aliphatic carbocycles. The van der Waals surface area contributed by atoms with Gasteiger partial charge in [-0.15, -0.1) is 0 Å². The Morgan fingerprint density at radius 1 is 0.886 bits per heavy atom. The van der Waals surface area contributed by atoms with Crippen LogP contribution in [0, 0.1) is 0 Å². The predicted molar refractivity (Wildman–Crippen MR) is 138 cm³/mol. The van der Waals surface area contributed by atoms with Crippen molar-refractivity contribution in [3.8, 4) is 5.88 Å². The second kappa shape index (κ2) is 7.64. The summed E-state index contributed by atoms with van der Waals surface area (Å²) in [6.07, 6.45) is 2.51. The Kier molecular flexibility index (Phi) is 4.61. The van der Waals surface area contributed by atoms with E-state index < -0.39 is 5.60 Å². The van der Waals surface area contributed by atoms with Crippen LogP contribution in [0.5, 0.6) is 5.88 Å². The molecule has 4 aromatic rings. The summed E-state index contributed by atoms with van der Waals surface area (Å²) in [5, 5.41) is 12.8. The van der Waals surface area contributed by atoms with Gasteiger partial charge in [0.2, 0.25) is 5.88 Å². The molecule has 3 aliphatic rings. The highest BCUT2D eigenvalue weighted by Gasteiger charge is 2.53. The van der Waals surface area contributed by atoms with Crippen LogP contribution in [0.3, 0.4) is 0 Å². The number of ether oxygens (including phenoxy) is 1. The summed E-state index contributed by atoms with van der Waals surface area (Å²) in [5.41, 5.74) is 6.85. The Labute approximate surface area is 206 Å². The molecule has 0 unspecified atom stereocenters. The molecule has 4 heteroatoms. The lowest BCUT2D eigenvalue weighted by atomic mass is 9.74. The third-order valence-electron chi connectivity index (χ3n) is 8.82. The summed E-state index contributed by atoms with van der Waals surface area (Å²) < 4.78 is 5.64. The molecular formula is C31H30N2O2. The smallest absolute Gasteiger partial charge is 0.219 e. The number of hydrogen-bond donors (Lipinski definition) is 1. The normalized spacial score (nSPS) is 24.3. The van der Waals surface area contributed by atoms with Gasteiger partial charge < -0.3 is 14.7 Å². The molecule has 1 aromatic heterocycles. The lowest BCUT2D eigenvalue weighted by molar-refractivity contribution is -0.0306. The monoisotopic (exact) mass is 462 g/mol. The summed E-state index contributed by atoms with van der Waals surface area (Å²) >= 11 is 0. The first-order valence-electron chi connectivity index (χ1n) is 12.7. The van der Waals surface area contributed by atoms with Crippen molar-refractivity contribution in [2.75, 3.05) is 26.7 Å². The Hall–Kier alpha value is -3.21. The summed E-state index contributed by atoms with van der Waals surface area (Å²) in [6.45, 7) is 2.70. The van der Waals surface area contributed by atoms with Crippen molar-refractivity contribution in [2.45, 2.75) is 36.2 Å². The maximum Gasteiger partial charge on any atom is 0.219 e. The highest BCUT2D eigenvalue weighted by atomic mass is 16.5. The van der Waals surface area contributed by atoms with E-state index in [0.29, 0.717) is 24.6 Å². The minimum atomic E-state index is -0.930. The van der Waals surface area contributed by atoms with Gasteiger partial charge in [0.25, 0.3) is 0 Å². The highest BCUT2D eigenvalue weighted by molar-refractivity contribution is 5.80. The minimum Gasteiger partial charge on any atom is -0.481 e. The van der Waals surface area contributed by atoms with Crippen molar-refractivity contribution in [3.05, 3.63) is 107 Å². The van der Waals surface area contributed by atoms with E-state index in [1.54, 1.807) is 7.11 Å². The van der Waals surface area contributed by atoms with Gasteiger partial charge in [-0.05, 0) is 53.6 Å². The number of aromatic nitrogens is 1. The van der Waals surface area contributed by atoms with Crippen molar-refractivity contribution in [3.63, 3.8) is 0 Å². The van der Waals surface area contributed by atoms with Crippen LogP contribution in [-0.2, 0) is 11.0 Å². The van der Waals surface area contributed by atoms with Crippen LogP contribution < -0.4 is 4.74 Å². The van der Waals surface area contributed by atoms with Gasteiger partial charge in [-0.3, -0.25) is 0 Å². The molecular weight excluding hydrogens is 432 g/mol. The van der Waals surface area contributed by atoms with Crippen molar-refractivity contribution in [1.82, 2.24) is 9.88 Å². The van der Waals surface area contributed by atoms with Crippen LogP contribution in [0.1, 0.15) is 53.0 Å². The van der Waals surface area contributed by atoms with E-state index >= 15 is 0 Å². The first kappa shape index (κ1) is 21.1. The van der Waals surface area contributed by atoms with Crippen molar-refractivity contribution >= 4 is 10.9 Å². The standard InChI is InChI=1S/C31H30N2O2/c1-35-29-27(18-21-8-2-7-13-28(21)32-29)31(34)14-16-33(17-15-31)20-30-19-24(22-9-3-5-11-25(22)30)23-10-4-6-12-26(23)30/h2-13,18,24,34H,14-17,19-20H2,1H3. The molecule has 1 saturated heterocycles. The molecule has 7 rings (SSSR count). The second-order valence-electron chi connectivity index (χ2n) is 10.6. The fourth-order valence-electron chi connectivity index (χ4n) is 7.13. The van der Waals surface area contributed by atoms with E-state index in [4.69, 9.17) is 9.72 Å². The number of rotatable bonds is 4. The molecule has 2 bridgehead atoms. The number of pyridine rings is 1. The maximum atomic E-state index is 11.8. The Morgan fingerprint density at radius 2 is 1.51 bits per heavy atom. The van der Waals surface area contributed by atoms with Crippen molar-refractivity contribution < 1.29 is 9.84 Å². The number of para-hydroxylation sites is 1. The summed E-state index contributed by atoms with van der Waals surface area (Å²) in [6, 6.07) is 28.2. The number of piperidine rings is 1. The third-order valence-corrected chi connectivity index (χ3v) is 8.82.